The molecule has 3 rings (SSSR count). The van der Waals surface area contributed by atoms with Crippen molar-refractivity contribution in [2.45, 2.75) is 13.3 Å². The van der Waals surface area contributed by atoms with Crippen molar-refractivity contribution in [2.75, 3.05) is 18.5 Å². The van der Waals surface area contributed by atoms with Crippen LogP contribution in [-0.2, 0) is 11.2 Å². The number of thiocarbonyl (C=S) groups is 1. The van der Waals surface area contributed by atoms with Crippen LogP contribution in [0.3, 0.4) is 0 Å². The number of hydrogen-bond donors (Lipinski definition) is 2. The van der Waals surface area contributed by atoms with Crippen LogP contribution in [0.1, 0.15) is 18.1 Å². The fourth-order valence-electron chi connectivity index (χ4n) is 2.90. The molecule has 1 amide bonds. The van der Waals surface area contributed by atoms with Crippen LogP contribution < -0.4 is 20.1 Å². The van der Waals surface area contributed by atoms with Crippen LogP contribution in [0.15, 0.2) is 84.9 Å². The highest BCUT2D eigenvalue weighted by molar-refractivity contribution is 7.80. The van der Waals surface area contributed by atoms with Gasteiger partial charge in [-0.05, 0) is 72.7 Å². The average molecular weight is 447 g/mol. The summed E-state index contributed by atoms with van der Waals surface area (Å²) in [4.78, 5) is 12.1. The van der Waals surface area contributed by atoms with Gasteiger partial charge < -0.3 is 14.8 Å². The summed E-state index contributed by atoms with van der Waals surface area (Å²) in [5.74, 6) is 1.27. The maximum atomic E-state index is 12.1. The van der Waals surface area contributed by atoms with Gasteiger partial charge in [0.2, 0.25) is 5.91 Å². The summed E-state index contributed by atoms with van der Waals surface area (Å²) in [5, 5.41) is 5.86. The van der Waals surface area contributed by atoms with Crippen LogP contribution in [0.25, 0.3) is 6.08 Å². The predicted molar refractivity (Wildman–Crippen MR) is 133 cm³/mol. The number of hydrogen-bond acceptors (Lipinski definition) is 4. The highest BCUT2D eigenvalue weighted by Crippen LogP contribution is 2.16. The number of nitrogens with one attached hydrogen (secondary N) is 2. The van der Waals surface area contributed by atoms with Crippen LogP contribution >= 0.6 is 12.2 Å². The minimum absolute atomic E-state index is 0.226. The van der Waals surface area contributed by atoms with Crippen molar-refractivity contribution < 1.29 is 14.3 Å². The molecule has 0 aliphatic heterocycles. The topological polar surface area (TPSA) is 59.6 Å². The van der Waals surface area contributed by atoms with E-state index < -0.39 is 0 Å². The molecular formula is C26H26N2O3S. The third-order valence-electron chi connectivity index (χ3n) is 4.47. The first-order valence-electron chi connectivity index (χ1n) is 10.4. The molecule has 3 aromatic carbocycles. The minimum Gasteiger partial charge on any atom is -0.494 e. The van der Waals surface area contributed by atoms with Crippen LogP contribution in [-0.4, -0.2) is 24.2 Å². The number of anilines is 1. The van der Waals surface area contributed by atoms with E-state index in [0.717, 1.165) is 29.2 Å². The van der Waals surface area contributed by atoms with E-state index in [0.29, 0.717) is 13.2 Å². The van der Waals surface area contributed by atoms with E-state index in [2.05, 4.69) is 22.8 Å². The number of ether oxygens (including phenoxy) is 2. The zero-order valence-corrected chi connectivity index (χ0v) is 18.7. The van der Waals surface area contributed by atoms with Gasteiger partial charge in [0.1, 0.15) is 11.5 Å². The van der Waals surface area contributed by atoms with Crippen LogP contribution in [0, 0.1) is 0 Å². The standard InChI is InChI=1S/C26H26N2O3S/c1-2-30-23-13-8-21(9-14-23)10-17-25(29)28-26(32)27-22-11-15-24(16-12-22)31-19-18-20-6-4-3-5-7-20/h3-17H,2,18-19H2,1H3,(H2,27,28,29,32)/b17-10+. The highest BCUT2D eigenvalue weighted by Gasteiger charge is 2.03. The number of carbonyl (C=O) groups is 1. The first-order chi connectivity index (χ1) is 15.6. The molecule has 0 fully saturated rings. The Morgan fingerprint density at radius 3 is 2.25 bits per heavy atom. The predicted octanol–water partition coefficient (Wildman–Crippen LogP) is 5.23. The lowest BCUT2D eigenvalue weighted by Crippen LogP contribution is -2.32. The van der Waals surface area contributed by atoms with Crippen molar-refractivity contribution >= 4 is 35.0 Å². The lowest BCUT2D eigenvalue weighted by Gasteiger charge is -2.10. The monoisotopic (exact) mass is 446 g/mol. The second kappa shape index (κ2) is 12.3. The van der Waals surface area contributed by atoms with Gasteiger partial charge in [-0.1, -0.05) is 42.5 Å². The second-order valence-corrected chi connectivity index (χ2v) is 7.30. The Kier molecular flexibility index (Phi) is 8.83. The smallest absolute Gasteiger partial charge is 0.250 e. The van der Waals surface area contributed by atoms with E-state index in [4.69, 9.17) is 21.7 Å². The van der Waals surface area contributed by atoms with Crippen LogP contribution in [0.2, 0.25) is 0 Å². The van der Waals surface area contributed by atoms with Crippen molar-refractivity contribution in [3.8, 4) is 11.5 Å². The molecule has 0 radical (unpaired) electrons. The largest absolute Gasteiger partial charge is 0.494 e. The normalized spacial score (nSPS) is 10.5. The van der Waals surface area contributed by atoms with Gasteiger partial charge in [-0.3, -0.25) is 10.1 Å². The molecular weight excluding hydrogens is 420 g/mol. The van der Waals surface area contributed by atoms with Crippen molar-refractivity contribution in [1.29, 1.82) is 0 Å². The quantitative estimate of drug-likeness (QED) is 0.348. The van der Waals surface area contributed by atoms with Gasteiger partial charge in [0.25, 0.3) is 0 Å². The number of benzene rings is 3. The molecule has 5 nitrogen and oxygen atoms in total. The molecule has 0 unspecified atom stereocenters. The Morgan fingerprint density at radius 1 is 0.906 bits per heavy atom. The van der Waals surface area contributed by atoms with Crippen LogP contribution in [0.4, 0.5) is 5.69 Å². The SMILES string of the molecule is CCOc1ccc(/C=C/C(=O)NC(=S)Nc2ccc(OCCc3ccccc3)cc2)cc1. The summed E-state index contributed by atoms with van der Waals surface area (Å²) in [6.07, 6.45) is 4.00. The highest BCUT2D eigenvalue weighted by atomic mass is 32.1. The number of rotatable bonds is 9. The molecule has 3 aromatic rings. The minimum atomic E-state index is -0.308. The van der Waals surface area contributed by atoms with Crippen molar-refractivity contribution in [3.63, 3.8) is 0 Å². The molecule has 0 aliphatic rings. The van der Waals surface area contributed by atoms with E-state index in [-0.39, 0.29) is 11.0 Å². The molecule has 0 saturated heterocycles. The lowest BCUT2D eigenvalue weighted by atomic mass is 10.2. The van der Waals surface area contributed by atoms with Gasteiger partial charge in [-0.25, -0.2) is 0 Å². The molecule has 0 aliphatic carbocycles. The van der Waals surface area contributed by atoms with E-state index in [1.54, 1.807) is 6.08 Å². The zero-order valence-electron chi connectivity index (χ0n) is 17.9. The van der Waals surface area contributed by atoms with Gasteiger partial charge in [-0.15, -0.1) is 0 Å². The Bertz CT molecular complexity index is 1030. The lowest BCUT2D eigenvalue weighted by molar-refractivity contribution is -0.115. The summed E-state index contributed by atoms with van der Waals surface area (Å²) >= 11 is 5.22. The maximum absolute atomic E-state index is 12.1. The van der Waals surface area contributed by atoms with Crippen LogP contribution in [0.5, 0.6) is 11.5 Å². The van der Waals surface area contributed by atoms with Gasteiger partial charge in [0, 0.05) is 18.2 Å². The first kappa shape index (κ1) is 23.0. The fourth-order valence-corrected chi connectivity index (χ4v) is 3.11. The molecule has 0 heterocycles. The number of carbonyl (C=O) groups excluding carboxylic acids is 1. The Hall–Kier alpha value is -3.64. The average Bonchev–Trinajstić information content (AvgIpc) is 2.81. The van der Waals surface area contributed by atoms with Gasteiger partial charge in [0.05, 0.1) is 13.2 Å². The molecule has 0 spiro atoms. The Labute approximate surface area is 194 Å². The van der Waals surface area contributed by atoms with E-state index >= 15 is 0 Å². The van der Waals surface area contributed by atoms with Crippen molar-refractivity contribution in [3.05, 3.63) is 96.1 Å². The number of amides is 1. The summed E-state index contributed by atoms with van der Waals surface area (Å²) in [5.41, 5.74) is 2.90. The first-order valence-corrected chi connectivity index (χ1v) is 10.8. The van der Waals surface area contributed by atoms with E-state index in [1.807, 2.05) is 73.7 Å². The molecule has 164 valence electrons. The zero-order chi connectivity index (χ0) is 22.6. The third kappa shape index (κ3) is 7.89. The van der Waals surface area contributed by atoms with E-state index in [9.17, 15) is 4.79 Å². The van der Waals surface area contributed by atoms with Crippen molar-refractivity contribution in [2.24, 2.45) is 0 Å². The molecule has 0 atom stereocenters. The Balaban J connectivity index is 1.41. The van der Waals surface area contributed by atoms with Gasteiger partial charge in [0.15, 0.2) is 5.11 Å². The van der Waals surface area contributed by atoms with E-state index in [1.165, 1.54) is 11.6 Å². The molecule has 0 saturated carbocycles. The molecule has 0 bridgehead atoms. The fraction of sp³-hybridized carbons (Fsp3) is 0.154. The third-order valence-corrected chi connectivity index (χ3v) is 4.67. The van der Waals surface area contributed by atoms with Gasteiger partial charge >= 0.3 is 0 Å². The summed E-state index contributed by atoms with van der Waals surface area (Å²) in [7, 11) is 0. The summed E-state index contributed by atoms with van der Waals surface area (Å²) < 4.78 is 11.2. The molecule has 32 heavy (non-hydrogen) atoms. The summed E-state index contributed by atoms with van der Waals surface area (Å²) in [6, 6.07) is 25.1. The second-order valence-electron chi connectivity index (χ2n) is 6.89. The molecule has 2 N–H and O–H groups in total. The van der Waals surface area contributed by atoms with Crippen molar-refractivity contribution in [1.82, 2.24) is 5.32 Å². The summed E-state index contributed by atoms with van der Waals surface area (Å²) in [6.45, 7) is 3.16. The van der Waals surface area contributed by atoms with Gasteiger partial charge in [-0.2, -0.15) is 0 Å². The molecule has 6 heteroatoms. The Morgan fingerprint density at radius 2 is 1.56 bits per heavy atom. The maximum Gasteiger partial charge on any atom is 0.250 e. The molecule has 0 aromatic heterocycles.